The quantitative estimate of drug-likeness (QED) is 0.357. The van der Waals surface area contributed by atoms with E-state index in [9.17, 15) is 4.79 Å². The number of ketones is 1. The lowest BCUT2D eigenvalue weighted by Gasteiger charge is -2.15. The van der Waals surface area contributed by atoms with E-state index in [4.69, 9.17) is 0 Å². The van der Waals surface area contributed by atoms with Crippen LogP contribution in [0.5, 0.6) is 0 Å². The van der Waals surface area contributed by atoms with Crippen LogP contribution < -0.4 is 0 Å². The SMILES string of the molecule is CC(C)(C=CC(=O)c1ccccc1)CI. The van der Waals surface area contributed by atoms with E-state index in [1.54, 1.807) is 6.08 Å². The van der Waals surface area contributed by atoms with Crippen LogP contribution in [0.2, 0.25) is 0 Å². The predicted octanol–water partition coefficient (Wildman–Crippen LogP) is 3.89. The molecule has 0 radical (unpaired) electrons. The van der Waals surface area contributed by atoms with Gasteiger partial charge in [-0.15, -0.1) is 0 Å². The van der Waals surface area contributed by atoms with Gasteiger partial charge in [0.25, 0.3) is 0 Å². The monoisotopic (exact) mass is 314 g/mol. The van der Waals surface area contributed by atoms with Gasteiger partial charge < -0.3 is 0 Å². The second kappa shape index (κ2) is 5.45. The van der Waals surface area contributed by atoms with Gasteiger partial charge in [0.15, 0.2) is 5.78 Å². The highest BCUT2D eigenvalue weighted by Gasteiger charge is 2.11. The Morgan fingerprint density at radius 1 is 1.33 bits per heavy atom. The van der Waals surface area contributed by atoms with Crippen molar-refractivity contribution in [1.82, 2.24) is 0 Å². The Kier molecular flexibility index (Phi) is 4.51. The molecule has 0 aliphatic carbocycles. The van der Waals surface area contributed by atoms with E-state index in [2.05, 4.69) is 36.4 Å². The molecule has 0 aromatic heterocycles. The summed E-state index contributed by atoms with van der Waals surface area (Å²) in [4.78, 5) is 11.7. The molecule has 2 heteroatoms. The third kappa shape index (κ3) is 4.16. The van der Waals surface area contributed by atoms with Gasteiger partial charge in [-0.05, 0) is 11.5 Å². The molecule has 0 atom stereocenters. The van der Waals surface area contributed by atoms with Crippen LogP contribution >= 0.6 is 22.6 Å². The Morgan fingerprint density at radius 3 is 2.47 bits per heavy atom. The zero-order valence-electron chi connectivity index (χ0n) is 9.03. The number of carbonyl (C=O) groups is 1. The minimum Gasteiger partial charge on any atom is -0.289 e. The van der Waals surface area contributed by atoms with Crippen LogP contribution in [-0.2, 0) is 0 Å². The fourth-order valence-corrected chi connectivity index (χ4v) is 1.30. The van der Waals surface area contributed by atoms with E-state index in [1.807, 2.05) is 36.4 Å². The molecule has 0 aliphatic rings. The highest BCUT2D eigenvalue weighted by atomic mass is 127. The van der Waals surface area contributed by atoms with E-state index in [1.165, 1.54) is 0 Å². The van der Waals surface area contributed by atoms with E-state index in [0.717, 1.165) is 9.99 Å². The Morgan fingerprint density at radius 2 is 1.93 bits per heavy atom. The van der Waals surface area contributed by atoms with Crippen LogP contribution in [0.15, 0.2) is 42.5 Å². The van der Waals surface area contributed by atoms with Gasteiger partial charge in [0, 0.05) is 9.99 Å². The van der Waals surface area contributed by atoms with E-state index in [-0.39, 0.29) is 11.2 Å². The fraction of sp³-hybridized carbons (Fsp3) is 0.308. The van der Waals surface area contributed by atoms with Crippen molar-refractivity contribution in [3.63, 3.8) is 0 Å². The van der Waals surface area contributed by atoms with Crippen LogP contribution in [0.1, 0.15) is 24.2 Å². The molecule has 0 saturated heterocycles. The largest absolute Gasteiger partial charge is 0.289 e. The van der Waals surface area contributed by atoms with Crippen LogP contribution in [0.25, 0.3) is 0 Å². The van der Waals surface area contributed by atoms with Gasteiger partial charge in [-0.25, -0.2) is 0 Å². The Bertz CT molecular complexity index is 352. The smallest absolute Gasteiger partial charge is 0.185 e. The number of benzene rings is 1. The van der Waals surface area contributed by atoms with Gasteiger partial charge in [-0.2, -0.15) is 0 Å². The van der Waals surface area contributed by atoms with Crippen LogP contribution in [0, 0.1) is 5.41 Å². The van der Waals surface area contributed by atoms with Crippen molar-refractivity contribution in [2.45, 2.75) is 13.8 Å². The maximum atomic E-state index is 11.7. The van der Waals surface area contributed by atoms with Crippen LogP contribution in [0.4, 0.5) is 0 Å². The molecule has 1 nitrogen and oxygen atoms in total. The first kappa shape index (κ1) is 12.4. The van der Waals surface area contributed by atoms with Gasteiger partial charge in [0.2, 0.25) is 0 Å². The first-order valence-electron chi connectivity index (χ1n) is 4.90. The Labute approximate surface area is 105 Å². The molecule has 0 fully saturated rings. The van der Waals surface area contributed by atoms with Crippen LogP contribution in [0.3, 0.4) is 0 Å². The number of alkyl halides is 1. The number of carbonyl (C=O) groups excluding carboxylic acids is 1. The summed E-state index contributed by atoms with van der Waals surface area (Å²) < 4.78 is 1.00. The molecule has 1 aromatic rings. The van der Waals surface area contributed by atoms with Crippen molar-refractivity contribution in [3.05, 3.63) is 48.0 Å². The molecule has 0 bridgehead atoms. The van der Waals surface area contributed by atoms with Crippen molar-refractivity contribution in [2.24, 2.45) is 5.41 Å². The molecule has 0 spiro atoms. The average molecular weight is 314 g/mol. The molecule has 0 heterocycles. The van der Waals surface area contributed by atoms with E-state index >= 15 is 0 Å². The van der Waals surface area contributed by atoms with Gasteiger partial charge in [0.05, 0.1) is 0 Å². The molecule has 0 N–H and O–H groups in total. The molecule has 0 saturated carbocycles. The maximum Gasteiger partial charge on any atom is 0.185 e. The normalized spacial score (nSPS) is 11.9. The predicted molar refractivity (Wildman–Crippen MR) is 72.6 cm³/mol. The highest BCUT2D eigenvalue weighted by molar-refractivity contribution is 14.1. The third-order valence-electron chi connectivity index (χ3n) is 2.09. The first-order chi connectivity index (χ1) is 7.05. The molecule has 80 valence electrons. The second-order valence-corrected chi connectivity index (χ2v) is 4.95. The minimum absolute atomic E-state index is 0.0773. The number of allylic oxidation sites excluding steroid dienone is 2. The summed E-state index contributed by atoms with van der Waals surface area (Å²) in [6.45, 7) is 4.24. The lowest BCUT2D eigenvalue weighted by Crippen LogP contribution is -2.09. The zero-order valence-corrected chi connectivity index (χ0v) is 11.2. The van der Waals surface area contributed by atoms with Gasteiger partial charge in [-0.1, -0.05) is 72.8 Å². The van der Waals surface area contributed by atoms with E-state index < -0.39 is 0 Å². The van der Waals surface area contributed by atoms with Crippen molar-refractivity contribution in [1.29, 1.82) is 0 Å². The molecular formula is C13H15IO. The van der Waals surface area contributed by atoms with Crippen LogP contribution in [-0.4, -0.2) is 10.2 Å². The number of hydrogen-bond acceptors (Lipinski definition) is 1. The topological polar surface area (TPSA) is 17.1 Å². The second-order valence-electron chi connectivity index (χ2n) is 4.19. The number of hydrogen-bond donors (Lipinski definition) is 0. The van der Waals surface area contributed by atoms with Crippen molar-refractivity contribution < 1.29 is 4.79 Å². The first-order valence-corrected chi connectivity index (χ1v) is 6.42. The number of halogens is 1. The maximum absolute atomic E-state index is 11.7. The summed E-state index contributed by atoms with van der Waals surface area (Å²) in [6, 6.07) is 9.35. The van der Waals surface area contributed by atoms with Crippen molar-refractivity contribution >= 4 is 28.4 Å². The summed E-state index contributed by atoms with van der Waals surface area (Å²) in [5.74, 6) is 0.0773. The molecular weight excluding hydrogens is 299 g/mol. The Hall–Kier alpha value is -0.640. The Balaban J connectivity index is 2.73. The summed E-state index contributed by atoms with van der Waals surface area (Å²) in [6.07, 6.45) is 3.66. The standard InChI is InChI=1S/C13H15IO/c1-13(2,10-14)9-8-12(15)11-6-4-3-5-7-11/h3-9H,10H2,1-2H3. The molecule has 1 rings (SSSR count). The third-order valence-corrected chi connectivity index (χ3v) is 4.05. The highest BCUT2D eigenvalue weighted by Crippen LogP contribution is 2.20. The summed E-state index contributed by atoms with van der Waals surface area (Å²) in [5.41, 5.74) is 0.836. The fourth-order valence-electron chi connectivity index (χ4n) is 1.04. The molecule has 15 heavy (non-hydrogen) atoms. The minimum atomic E-state index is 0.0773. The molecule has 0 amide bonds. The zero-order chi connectivity index (χ0) is 11.3. The lowest BCUT2D eigenvalue weighted by atomic mass is 9.95. The van der Waals surface area contributed by atoms with Gasteiger partial charge in [-0.3, -0.25) is 4.79 Å². The van der Waals surface area contributed by atoms with Crippen molar-refractivity contribution in [2.75, 3.05) is 4.43 Å². The molecule has 0 aliphatic heterocycles. The number of rotatable bonds is 4. The summed E-state index contributed by atoms with van der Waals surface area (Å²) in [5, 5.41) is 0. The lowest BCUT2D eigenvalue weighted by molar-refractivity contribution is 0.104. The van der Waals surface area contributed by atoms with E-state index in [0.29, 0.717) is 0 Å². The summed E-state index contributed by atoms with van der Waals surface area (Å²) in [7, 11) is 0. The molecule has 0 unspecified atom stereocenters. The average Bonchev–Trinajstić information content (AvgIpc) is 2.27. The summed E-state index contributed by atoms with van der Waals surface area (Å²) >= 11 is 2.33. The van der Waals surface area contributed by atoms with Crippen molar-refractivity contribution in [3.8, 4) is 0 Å². The van der Waals surface area contributed by atoms with Gasteiger partial charge in [0.1, 0.15) is 0 Å². The van der Waals surface area contributed by atoms with Gasteiger partial charge >= 0.3 is 0 Å². The molecule has 1 aromatic carbocycles.